The van der Waals surface area contributed by atoms with Gasteiger partial charge in [0.2, 0.25) is 5.91 Å². The smallest absolute Gasteiger partial charge is 0.220 e. The Morgan fingerprint density at radius 3 is 2.65 bits per heavy atom. The second-order valence-corrected chi connectivity index (χ2v) is 5.09. The van der Waals surface area contributed by atoms with Crippen molar-refractivity contribution in [2.24, 2.45) is 0 Å². The van der Waals surface area contributed by atoms with Crippen molar-refractivity contribution in [3.8, 4) is 0 Å². The highest BCUT2D eigenvalue weighted by molar-refractivity contribution is 5.76. The molecule has 0 spiro atoms. The molecule has 0 heterocycles. The quantitative estimate of drug-likeness (QED) is 0.539. The van der Waals surface area contributed by atoms with E-state index in [1.807, 2.05) is 24.3 Å². The number of carbonyl (C=O) groups is 1. The summed E-state index contributed by atoms with van der Waals surface area (Å²) in [7, 11) is 0. The van der Waals surface area contributed by atoms with Gasteiger partial charge in [-0.15, -0.1) is 0 Å². The first-order valence-corrected chi connectivity index (χ1v) is 7.33. The van der Waals surface area contributed by atoms with Crippen LogP contribution in [0.25, 0.3) is 0 Å². The molecule has 112 valence electrons. The number of nitrogens with one attached hydrogen (secondary N) is 1. The van der Waals surface area contributed by atoms with Crippen molar-refractivity contribution in [3.05, 3.63) is 29.8 Å². The molecule has 0 saturated heterocycles. The van der Waals surface area contributed by atoms with Gasteiger partial charge in [-0.1, -0.05) is 26.0 Å². The fraction of sp³-hybridized carbons (Fsp3) is 0.562. The van der Waals surface area contributed by atoms with E-state index in [0.29, 0.717) is 19.6 Å². The van der Waals surface area contributed by atoms with Gasteiger partial charge in [0.1, 0.15) is 0 Å². The maximum Gasteiger partial charge on any atom is 0.220 e. The van der Waals surface area contributed by atoms with Gasteiger partial charge in [0, 0.05) is 31.9 Å². The van der Waals surface area contributed by atoms with Crippen LogP contribution in [0, 0.1) is 0 Å². The standard InChI is InChI=1S/C16H26N2O2/c1-3-10-20-11-4-9-18-16(19)12-13(2)14-5-7-15(17)8-6-14/h5-8,13H,3-4,9-12,17H2,1-2H3,(H,18,19). The molecule has 4 nitrogen and oxygen atoms in total. The number of amides is 1. The van der Waals surface area contributed by atoms with Crippen molar-refractivity contribution in [1.82, 2.24) is 5.32 Å². The molecule has 20 heavy (non-hydrogen) atoms. The fourth-order valence-electron chi connectivity index (χ4n) is 1.94. The van der Waals surface area contributed by atoms with Crippen molar-refractivity contribution in [2.45, 2.75) is 39.0 Å². The highest BCUT2D eigenvalue weighted by Crippen LogP contribution is 2.19. The van der Waals surface area contributed by atoms with Crippen molar-refractivity contribution >= 4 is 11.6 Å². The third-order valence-electron chi connectivity index (χ3n) is 3.13. The molecular formula is C16H26N2O2. The number of carbonyl (C=O) groups excluding carboxylic acids is 1. The largest absolute Gasteiger partial charge is 0.399 e. The van der Waals surface area contributed by atoms with Gasteiger partial charge in [0.15, 0.2) is 0 Å². The number of benzene rings is 1. The van der Waals surface area contributed by atoms with Gasteiger partial charge in [-0.3, -0.25) is 4.79 Å². The number of rotatable bonds is 9. The maximum absolute atomic E-state index is 11.8. The van der Waals surface area contributed by atoms with Gasteiger partial charge in [0.05, 0.1) is 0 Å². The predicted molar refractivity (Wildman–Crippen MR) is 82.6 cm³/mol. The predicted octanol–water partition coefficient (Wildman–Crippen LogP) is 2.70. The second kappa shape index (κ2) is 9.37. The van der Waals surface area contributed by atoms with Crippen molar-refractivity contribution in [1.29, 1.82) is 0 Å². The summed E-state index contributed by atoms with van der Waals surface area (Å²) < 4.78 is 5.36. The second-order valence-electron chi connectivity index (χ2n) is 5.09. The molecule has 0 aromatic heterocycles. The Morgan fingerprint density at radius 2 is 2.00 bits per heavy atom. The van der Waals surface area contributed by atoms with E-state index in [1.165, 1.54) is 0 Å². The molecule has 0 fully saturated rings. The van der Waals surface area contributed by atoms with E-state index in [4.69, 9.17) is 10.5 Å². The third kappa shape index (κ3) is 6.57. The number of hydrogen-bond donors (Lipinski definition) is 2. The number of hydrogen-bond acceptors (Lipinski definition) is 3. The summed E-state index contributed by atoms with van der Waals surface area (Å²) in [6.07, 6.45) is 2.40. The van der Waals surface area contributed by atoms with Crippen molar-refractivity contribution < 1.29 is 9.53 Å². The Kier molecular flexibility index (Phi) is 7.73. The first-order chi connectivity index (χ1) is 9.63. The zero-order valence-electron chi connectivity index (χ0n) is 12.5. The van der Waals surface area contributed by atoms with Crippen LogP contribution >= 0.6 is 0 Å². The highest BCUT2D eigenvalue weighted by Gasteiger charge is 2.10. The average molecular weight is 278 g/mol. The molecule has 1 aromatic carbocycles. The van der Waals surface area contributed by atoms with Crippen molar-refractivity contribution in [3.63, 3.8) is 0 Å². The topological polar surface area (TPSA) is 64.3 Å². The molecule has 0 bridgehead atoms. The maximum atomic E-state index is 11.8. The molecule has 1 amide bonds. The number of nitrogen functional groups attached to an aromatic ring is 1. The van der Waals surface area contributed by atoms with E-state index in [1.54, 1.807) is 0 Å². The summed E-state index contributed by atoms with van der Waals surface area (Å²) >= 11 is 0. The normalized spacial score (nSPS) is 12.1. The van der Waals surface area contributed by atoms with Crippen LogP contribution in [0.15, 0.2) is 24.3 Å². The molecule has 0 radical (unpaired) electrons. The van der Waals surface area contributed by atoms with E-state index in [-0.39, 0.29) is 11.8 Å². The molecule has 4 heteroatoms. The molecule has 0 saturated carbocycles. The fourth-order valence-corrected chi connectivity index (χ4v) is 1.94. The molecule has 0 aliphatic heterocycles. The number of ether oxygens (including phenoxy) is 1. The monoisotopic (exact) mass is 278 g/mol. The zero-order valence-corrected chi connectivity index (χ0v) is 12.5. The molecule has 0 aliphatic carbocycles. The van der Waals surface area contributed by atoms with Crippen LogP contribution in [0.4, 0.5) is 5.69 Å². The Labute approximate surface area is 121 Å². The molecule has 1 unspecified atom stereocenters. The summed E-state index contributed by atoms with van der Waals surface area (Å²) in [5.41, 5.74) is 7.54. The lowest BCUT2D eigenvalue weighted by atomic mass is 9.97. The number of nitrogens with two attached hydrogens (primary N) is 1. The van der Waals surface area contributed by atoms with Gasteiger partial charge in [-0.25, -0.2) is 0 Å². The Balaban J connectivity index is 2.19. The lowest BCUT2D eigenvalue weighted by molar-refractivity contribution is -0.121. The minimum atomic E-state index is 0.0878. The van der Waals surface area contributed by atoms with E-state index >= 15 is 0 Å². The van der Waals surface area contributed by atoms with E-state index in [9.17, 15) is 4.79 Å². The van der Waals surface area contributed by atoms with Crippen LogP contribution in [0.3, 0.4) is 0 Å². The van der Waals surface area contributed by atoms with Crippen LogP contribution in [0.5, 0.6) is 0 Å². The van der Waals surface area contributed by atoms with E-state index in [2.05, 4.69) is 19.2 Å². The molecule has 3 N–H and O–H groups in total. The zero-order chi connectivity index (χ0) is 14.8. The number of anilines is 1. The summed E-state index contributed by atoms with van der Waals surface area (Å²) in [6, 6.07) is 7.70. The van der Waals surface area contributed by atoms with Gasteiger partial charge in [-0.05, 0) is 36.5 Å². The van der Waals surface area contributed by atoms with Crippen LogP contribution < -0.4 is 11.1 Å². The molecule has 1 atom stereocenters. The summed E-state index contributed by atoms with van der Waals surface area (Å²) in [5.74, 6) is 0.289. The van der Waals surface area contributed by atoms with Gasteiger partial charge in [0.25, 0.3) is 0 Å². The van der Waals surface area contributed by atoms with E-state index < -0.39 is 0 Å². The minimum absolute atomic E-state index is 0.0878. The van der Waals surface area contributed by atoms with Crippen LogP contribution in [0.1, 0.15) is 44.6 Å². The summed E-state index contributed by atoms with van der Waals surface area (Å²) in [6.45, 7) is 6.32. The van der Waals surface area contributed by atoms with Crippen LogP contribution in [0.2, 0.25) is 0 Å². The first-order valence-electron chi connectivity index (χ1n) is 7.33. The Bertz CT molecular complexity index is 390. The van der Waals surface area contributed by atoms with Gasteiger partial charge < -0.3 is 15.8 Å². The van der Waals surface area contributed by atoms with Gasteiger partial charge >= 0.3 is 0 Å². The lowest BCUT2D eigenvalue weighted by Crippen LogP contribution is -2.26. The van der Waals surface area contributed by atoms with Gasteiger partial charge in [-0.2, -0.15) is 0 Å². The summed E-state index contributed by atoms with van der Waals surface area (Å²) in [4.78, 5) is 11.8. The average Bonchev–Trinajstić information content (AvgIpc) is 2.43. The van der Waals surface area contributed by atoms with E-state index in [0.717, 1.165) is 30.7 Å². The minimum Gasteiger partial charge on any atom is -0.399 e. The molecule has 1 aromatic rings. The Morgan fingerprint density at radius 1 is 1.30 bits per heavy atom. The van der Waals surface area contributed by atoms with Crippen molar-refractivity contribution in [2.75, 3.05) is 25.5 Å². The lowest BCUT2D eigenvalue weighted by Gasteiger charge is -2.12. The Hall–Kier alpha value is -1.55. The molecule has 1 rings (SSSR count). The molecule has 0 aliphatic rings. The van der Waals surface area contributed by atoms with Crippen LogP contribution in [-0.4, -0.2) is 25.7 Å². The summed E-state index contributed by atoms with van der Waals surface area (Å²) in [5, 5.41) is 2.93. The van der Waals surface area contributed by atoms with Crippen LogP contribution in [-0.2, 0) is 9.53 Å². The highest BCUT2D eigenvalue weighted by atomic mass is 16.5. The SMILES string of the molecule is CCCOCCCNC(=O)CC(C)c1ccc(N)cc1. The molecular weight excluding hydrogens is 252 g/mol. The third-order valence-corrected chi connectivity index (χ3v) is 3.13. The first kappa shape index (κ1) is 16.5.